The molecule has 0 bridgehead atoms. The number of carbonyl (C=O) groups is 2. The van der Waals surface area contributed by atoms with E-state index in [4.69, 9.17) is 4.74 Å². The molecule has 1 unspecified atom stereocenters. The fourth-order valence-corrected chi connectivity index (χ4v) is 0.864. The molecule has 0 aromatic carbocycles. The van der Waals surface area contributed by atoms with Gasteiger partial charge in [-0.15, -0.1) is 0 Å². The molecule has 1 heterocycles. The molecule has 1 aliphatic heterocycles. The summed E-state index contributed by atoms with van der Waals surface area (Å²) in [5, 5.41) is 0. The van der Waals surface area contributed by atoms with E-state index in [1.54, 1.807) is 0 Å². The Morgan fingerprint density at radius 2 is 2.58 bits per heavy atom. The third-order valence-electron chi connectivity index (χ3n) is 1.56. The van der Waals surface area contributed by atoms with Gasteiger partial charge in [0.1, 0.15) is 0 Å². The Morgan fingerprint density at radius 3 is 3.08 bits per heavy atom. The van der Waals surface area contributed by atoms with Gasteiger partial charge in [0.05, 0.1) is 0 Å². The van der Waals surface area contributed by atoms with Crippen LogP contribution in [0.1, 0.15) is 12.8 Å². The molecule has 4 heteroatoms. The van der Waals surface area contributed by atoms with E-state index < -0.39 is 6.10 Å². The first-order chi connectivity index (χ1) is 5.74. The Morgan fingerprint density at radius 1 is 1.83 bits per heavy atom. The van der Waals surface area contributed by atoms with E-state index >= 15 is 0 Å². The molecule has 4 nitrogen and oxygen atoms in total. The monoisotopic (exact) mass is 167 g/mol. The predicted octanol–water partition coefficient (Wildman–Crippen LogP) is 0.475. The molecule has 1 rings (SSSR count). The molecule has 12 heavy (non-hydrogen) atoms. The SMILES string of the molecule is C=CC(=O)CCC1OC=NC1=O. The zero-order valence-electron chi connectivity index (χ0n) is 6.53. The highest BCUT2D eigenvalue weighted by Gasteiger charge is 2.22. The van der Waals surface area contributed by atoms with Crippen molar-refractivity contribution in [3.8, 4) is 0 Å². The molecule has 0 N–H and O–H groups in total. The van der Waals surface area contributed by atoms with Crippen LogP contribution in [-0.2, 0) is 14.3 Å². The standard InChI is InChI=1S/C8H9NO3/c1-2-6(10)3-4-7-8(11)9-5-12-7/h2,5,7H,1,3-4H2. The number of amides is 1. The number of ketones is 1. The van der Waals surface area contributed by atoms with E-state index in [1.165, 1.54) is 6.08 Å². The maximum absolute atomic E-state index is 10.8. The summed E-state index contributed by atoms with van der Waals surface area (Å²) in [6.07, 6.45) is 2.45. The fourth-order valence-electron chi connectivity index (χ4n) is 0.864. The summed E-state index contributed by atoms with van der Waals surface area (Å²) >= 11 is 0. The van der Waals surface area contributed by atoms with Gasteiger partial charge in [0.15, 0.2) is 18.3 Å². The number of ether oxygens (including phenoxy) is 1. The molecule has 0 fully saturated rings. The minimum atomic E-state index is -0.561. The van der Waals surface area contributed by atoms with Crippen molar-refractivity contribution in [1.29, 1.82) is 0 Å². The van der Waals surface area contributed by atoms with Gasteiger partial charge in [0.2, 0.25) is 0 Å². The smallest absolute Gasteiger partial charge is 0.289 e. The molecule has 1 amide bonds. The molecule has 1 atom stereocenters. The summed E-state index contributed by atoms with van der Waals surface area (Å²) in [5.74, 6) is -0.398. The Balaban J connectivity index is 2.29. The van der Waals surface area contributed by atoms with E-state index in [0.717, 1.165) is 6.40 Å². The molecule has 0 saturated carbocycles. The van der Waals surface area contributed by atoms with Crippen LogP contribution in [-0.4, -0.2) is 24.2 Å². The summed E-state index contributed by atoms with van der Waals surface area (Å²) < 4.78 is 4.83. The number of carbonyl (C=O) groups excluding carboxylic acids is 2. The van der Waals surface area contributed by atoms with E-state index in [9.17, 15) is 9.59 Å². The lowest BCUT2D eigenvalue weighted by Crippen LogP contribution is -2.17. The lowest BCUT2D eigenvalue weighted by Gasteiger charge is -2.03. The Kier molecular flexibility index (Phi) is 2.74. The van der Waals surface area contributed by atoms with Gasteiger partial charge in [-0.2, -0.15) is 4.99 Å². The second-order valence-corrected chi connectivity index (χ2v) is 2.41. The Hall–Kier alpha value is -1.45. The fraction of sp³-hybridized carbons (Fsp3) is 0.375. The lowest BCUT2D eigenvalue weighted by molar-refractivity contribution is -0.123. The van der Waals surface area contributed by atoms with E-state index in [0.29, 0.717) is 6.42 Å². The van der Waals surface area contributed by atoms with Gasteiger partial charge in [-0.3, -0.25) is 9.59 Å². The van der Waals surface area contributed by atoms with Gasteiger partial charge >= 0.3 is 0 Å². The van der Waals surface area contributed by atoms with Crippen LogP contribution in [0.3, 0.4) is 0 Å². The third-order valence-corrected chi connectivity index (χ3v) is 1.56. The number of aliphatic imine (C=N–C) groups is 1. The number of rotatable bonds is 4. The van der Waals surface area contributed by atoms with Gasteiger partial charge in [-0.05, 0) is 6.08 Å². The molecule has 0 aromatic rings. The second kappa shape index (κ2) is 3.80. The topological polar surface area (TPSA) is 55.7 Å². The van der Waals surface area contributed by atoms with Crippen molar-refractivity contribution in [2.45, 2.75) is 18.9 Å². The zero-order chi connectivity index (χ0) is 8.97. The molecule has 64 valence electrons. The minimum absolute atomic E-state index is 0.0849. The van der Waals surface area contributed by atoms with Crippen LogP contribution in [0.5, 0.6) is 0 Å². The zero-order valence-corrected chi connectivity index (χ0v) is 6.53. The molecule has 1 aliphatic rings. The normalized spacial score (nSPS) is 20.7. The highest BCUT2D eigenvalue weighted by Crippen LogP contribution is 2.08. The lowest BCUT2D eigenvalue weighted by atomic mass is 10.1. The van der Waals surface area contributed by atoms with Crippen LogP contribution in [0.15, 0.2) is 17.6 Å². The van der Waals surface area contributed by atoms with Crippen LogP contribution in [0.2, 0.25) is 0 Å². The average molecular weight is 167 g/mol. The number of nitrogens with zero attached hydrogens (tertiary/aromatic N) is 1. The van der Waals surface area contributed by atoms with Crippen LogP contribution in [0.25, 0.3) is 0 Å². The number of hydrogen-bond donors (Lipinski definition) is 0. The van der Waals surface area contributed by atoms with Crippen molar-refractivity contribution in [2.24, 2.45) is 4.99 Å². The van der Waals surface area contributed by atoms with Gasteiger partial charge in [0, 0.05) is 12.8 Å². The average Bonchev–Trinajstić information content (AvgIpc) is 2.47. The Labute approximate surface area is 69.9 Å². The first-order valence-electron chi connectivity index (χ1n) is 3.61. The van der Waals surface area contributed by atoms with Gasteiger partial charge < -0.3 is 4.74 Å². The highest BCUT2D eigenvalue weighted by molar-refractivity contribution is 5.93. The van der Waals surface area contributed by atoms with Crippen molar-refractivity contribution >= 4 is 18.1 Å². The van der Waals surface area contributed by atoms with Crippen LogP contribution < -0.4 is 0 Å². The van der Waals surface area contributed by atoms with Crippen LogP contribution >= 0.6 is 0 Å². The van der Waals surface area contributed by atoms with Crippen molar-refractivity contribution < 1.29 is 14.3 Å². The molecule has 0 spiro atoms. The van der Waals surface area contributed by atoms with Crippen LogP contribution in [0, 0.1) is 0 Å². The highest BCUT2D eigenvalue weighted by atomic mass is 16.5. The second-order valence-electron chi connectivity index (χ2n) is 2.41. The molecule has 0 saturated heterocycles. The van der Waals surface area contributed by atoms with Crippen molar-refractivity contribution in [3.63, 3.8) is 0 Å². The van der Waals surface area contributed by atoms with Crippen molar-refractivity contribution in [2.75, 3.05) is 0 Å². The predicted molar refractivity (Wildman–Crippen MR) is 42.8 cm³/mol. The van der Waals surface area contributed by atoms with Gasteiger partial charge in [-0.25, -0.2) is 0 Å². The Bertz CT molecular complexity index is 245. The van der Waals surface area contributed by atoms with Gasteiger partial charge in [-0.1, -0.05) is 6.58 Å². The summed E-state index contributed by atoms with van der Waals surface area (Å²) in [5.41, 5.74) is 0. The number of hydrogen-bond acceptors (Lipinski definition) is 3. The van der Waals surface area contributed by atoms with Crippen molar-refractivity contribution in [1.82, 2.24) is 0 Å². The van der Waals surface area contributed by atoms with Crippen LogP contribution in [0.4, 0.5) is 0 Å². The third kappa shape index (κ3) is 2.02. The van der Waals surface area contributed by atoms with E-state index in [2.05, 4.69) is 11.6 Å². The molecule has 0 radical (unpaired) electrons. The maximum Gasteiger partial charge on any atom is 0.289 e. The summed E-state index contributed by atoms with van der Waals surface area (Å²) in [4.78, 5) is 25.0. The number of allylic oxidation sites excluding steroid dienone is 1. The molecule has 0 aliphatic carbocycles. The minimum Gasteiger partial charge on any atom is -0.470 e. The molecular weight excluding hydrogens is 158 g/mol. The first-order valence-corrected chi connectivity index (χ1v) is 3.61. The largest absolute Gasteiger partial charge is 0.470 e. The van der Waals surface area contributed by atoms with E-state index in [-0.39, 0.29) is 18.1 Å². The summed E-state index contributed by atoms with van der Waals surface area (Å²) in [7, 11) is 0. The summed E-state index contributed by atoms with van der Waals surface area (Å²) in [6.45, 7) is 3.32. The van der Waals surface area contributed by atoms with E-state index in [1.807, 2.05) is 0 Å². The maximum atomic E-state index is 10.8. The molecule has 0 aromatic heterocycles. The van der Waals surface area contributed by atoms with Crippen molar-refractivity contribution in [3.05, 3.63) is 12.7 Å². The first kappa shape index (κ1) is 8.64. The summed E-state index contributed by atoms with van der Waals surface area (Å²) in [6, 6.07) is 0. The van der Waals surface area contributed by atoms with Gasteiger partial charge in [0.25, 0.3) is 5.91 Å². The quantitative estimate of drug-likeness (QED) is 0.572. The molecular formula is C8H9NO3.